The van der Waals surface area contributed by atoms with Gasteiger partial charge in [-0.25, -0.2) is 0 Å². The predicted molar refractivity (Wildman–Crippen MR) is 50.1 cm³/mol. The Bertz CT molecular complexity index is 76.6. The second kappa shape index (κ2) is 3.22. The second-order valence-electron chi connectivity index (χ2n) is 3.33. The topological polar surface area (TPSA) is 0 Å². The van der Waals surface area contributed by atoms with Crippen molar-refractivity contribution in [3.05, 3.63) is 0 Å². The van der Waals surface area contributed by atoms with Gasteiger partial charge in [-0.2, -0.15) is 0 Å². The molecule has 0 saturated heterocycles. The van der Waals surface area contributed by atoms with Gasteiger partial charge in [0.2, 0.25) is 0 Å². The summed E-state index contributed by atoms with van der Waals surface area (Å²) in [7, 11) is 0. The predicted octanol–water partition coefficient (Wildman–Crippen LogP) is 3.53. The molecule has 1 heteroatoms. The summed E-state index contributed by atoms with van der Waals surface area (Å²) >= 11 is 2.62. The molecule has 0 bridgehead atoms. The molecule has 0 amide bonds. The normalized spacial score (nSPS) is 27.3. The summed E-state index contributed by atoms with van der Waals surface area (Å²) in [6.07, 6.45) is 8.73. The fraction of sp³-hybridized carbons (Fsp3) is 1.00. The van der Waals surface area contributed by atoms with Gasteiger partial charge in [-0.1, -0.05) is 55.2 Å². The Morgan fingerprint density at radius 2 is 1.44 bits per heavy atom. The molecule has 0 heterocycles. The first-order valence-electron chi connectivity index (χ1n) is 3.90. The molecule has 1 fully saturated rings. The van der Waals surface area contributed by atoms with E-state index in [1.165, 1.54) is 38.5 Å². The number of hydrogen-bond acceptors (Lipinski definition) is 0. The van der Waals surface area contributed by atoms with Crippen molar-refractivity contribution in [2.24, 2.45) is 0 Å². The van der Waals surface area contributed by atoms with Gasteiger partial charge >= 0.3 is 0 Å². The van der Waals surface area contributed by atoms with Crippen LogP contribution in [0.2, 0.25) is 0 Å². The standard InChI is InChI=1S/C8H15I/c1-8(9)6-4-2-3-5-7-8/h2-7H2,1H3. The van der Waals surface area contributed by atoms with Crippen LogP contribution in [0.3, 0.4) is 0 Å². The fourth-order valence-corrected chi connectivity index (χ4v) is 2.23. The van der Waals surface area contributed by atoms with Gasteiger partial charge in [-0.05, 0) is 12.8 Å². The van der Waals surface area contributed by atoms with Gasteiger partial charge in [-0.3, -0.25) is 0 Å². The van der Waals surface area contributed by atoms with E-state index >= 15 is 0 Å². The van der Waals surface area contributed by atoms with Gasteiger partial charge in [-0.15, -0.1) is 0 Å². The molecule has 0 radical (unpaired) electrons. The maximum Gasteiger partial charge on any atom is 0.0194 e. The molecule has 0 atom stereocenters. The lowest BCUT2D eigenvalue weighted by atomic mass is 10.0. The van der Waals surface area contributed by atoms with Crippen molar-refractivity contribution >= 4 is 22.6 Å². The maximum atomic E-state index is 2.62. The summed E-state index contributed by atoms with van der Waals surface area (Å²) < 4.78 is 0.633. The molecule has 0 aromatic carbocycles. The summed E-state index contributed by atoms with van der Waals surface area (Å²) in [5.41, 5.74) is 0. The Morgan fingerprint density at radius 1 is 1.00 bits per heavy atom. The minimum atomic E-state index is 0.633. The highest BCUT2D eigenvalue weighted by atomic mass is 127. The first-order valence-corrected chi connectivity index (χ1v) is 4.97. The highest BCUT2D eigenvalue weighted by Crippen LogP contribution is 2.34. The van der Waals surface area contributed by atoms with Crippen LogP contribution in [0.5, 0.6) is 0 Å². The SMILES string of the molecule is CC1(I)CCCCCC1. The zero-order chi connectivity index (χ0) is 6.74. The molecule has 1 saturated carbocycles. The third-order valence-corrected chi connectivity index (χ3v) is 3.22. The van der Waals surface area contributed by atoms with Crippen LogP contribution >= 0.6 is 22.6 Å². The van der Waals surface area contributed by atoms with Crippen LogP contribution in [-0.2, 0) is 0 Å². The van der Waals surface area contributed by atoms with Crippen LogP contribution in [0.4, 0.5) is 0 Å². The van der Waals surface area contributed by atoms with E-state index in [0.29, 0.717) is 3.42 Å². The van der Waals surface area contributed by atoms with E-state index < -0.39 is 0 Å². The molecular formula is C8H15I. The minimum Gasteiger partial charge on any atom is -0.0792 e. The maximum absolute atomic E-state index is 2.62. The smallest absolute Gasteiger partial charge is 0.0194 e. The van der Waals surface area contributed by atoms with Crippen molar-refractivity contribution in [3.8, 4) is 0 Å². The van der Waals surface area contributed by atoms with Gasteiger partial charge in [0.15, 0.2) is 0 Å². The number of alkyl halides is 1. The molecule has 54 valence electrons. The molecule has 1 aliphatic rings. The quantitative estimate of drug-likeness (QED) is 0.344. The van der Waals surface area contributed by atoms with Gasteiger partial charge in [0.1, 0.15) is 0 Å². The molecule has 9 heavy (non-hydrogen) atoms. The van der Waals surface area contributed by atoms with E-state index in [-0.39, 0.29) is 0 Å². The van der Waals surface area contributed by atoms with Crippen molar-refractivity contribution in [1.29, 1.82) is 0 Å². The van der Waals surface area contributed by atoms with Crippen LogP contribution in [0.25, 0.3) is 0 Å². The van der Waals surface area contributed by atoms with Gasteiger partial charge < -0.3 is 0 Å². The van der Waals surface area contributed by atoms with Crippen LogP contribution in [0.15, 0.2) is 0 Å². The molecule has 0 unspecified atom stereocenters. The average Bonchev–Trinajstić information content (AvgIpc) is 1.92. The Morgan fingerprint density at radius 3 is 1.89 bits per heavy atom. The van der Waals surface area contributed by atoms with Gasteiger partial charge in [0.05, 0.1) is 0 Å². The van der Waals surface area contributed by atoms with Crippen molar-refractivity contribution < 1.29 is 0 Å². The lowest BCUT2D eigenvalue weighted by Gasteiger charge is -2.18. The van der Waals surface area contributed by atoms with Gasteiger partial charge in [0, 0.05) is 3.42 Å². The van der Waals surface area contributed by atoms with E-state index in [0.717, 1.165) is 0 Å². The van der Waals surface area contributed by atoms with Crippen LogP contribution in [-0.4, -0.2) is 3.42 Å². The zero-order valence-corrected chi connectivity index (χ0v) is 8.28. The van der Waals surface area contributed by atoms with Crippen molar-refractivity contribution in [1.82, 2.24) is 0 Å². The summed E-state index contributed by atoms with van der Waals surface area (Å²) in [6, 6.07) is 0. The largest absolute Gasteiger partial charge is 0.0792 e. The average molecular weight is 238 g/mol. The van der Waals surface area contributed by atoms with E-state index in [2.05, 4.69) is 29.5 Å². The summed E-state index contributed by atoms with van der Waals surface area (Å²) in [4.78, 5) is 0. The Labute approximate surface area is 71.5 Å². The molecule has 1 aliphatic carbocycles. The Kier molecular flexibility index (Phi) is 2.80. The fourth-order valence-electron chi connectivity index (χ4n) is 1.47. The highest BCUT2D eigenvalue weighted by Gasteiger charge is 2.20. The van der Waals surface area contributed by atoms with Gasteiger partial charge in [0.25, 0.3) is 0 Å². The molecule has 0 aromatic rings. The summed E-state index contributed by atoms with van der Waals surface area (Å²) in [6.45, 7) is 2.39. The Hall–Kier alpha value is 0.730. The van der Waals surface area contributed by atoms with E-state index in [1.807, 2.05) is 0 Å². The number of halogens is 1. The lowest BCUT2D eigenvalue weighted by Crippen LogP contribution is -2.12. The van der Waals surface area contributed by atoms with Crippen molar-refractivity contribution in [2.45, 2.75) is 48.9 Å². The van der Waals surface area contributed by atoms with Crippen LogP contribution < -0.4 is 0 Å². The lowest BCUT2D eigenvalue weighted by molar-refractivity contribution is 0.583. The molecule has 0 spiro atoms. The van der Waals surface area contributed by atoms with Crippen LogP contribution in [0.1, 0.15) is 45.4 Å². The van der Waals surface area contributed by atoms with Crippen molar-refractivity contribution in [3.63, 3.8) is 0 Å². The molecule has 0 nitrogen and oxygen atoms in total. The molecule has 0 aromatic heterocycles. The Balaban J connectivity index is 2.36. The monoisotopic (exact) mass is 238 g/mol. The molecule has 0 N–H and O–H groups in total. The van der Waals surface area contributed by atoms with E-state index in [1.54, 1.807) is 0 Å². The second-order valence-corrected chi connectivity index (χ2v) is 5.93. The number of rotatable bonds is 0. The summed E-state index contributed by atoms with van der Waals surface area (Å²) in [5.74, 6) is 0. The molecular weight excluding hydrogens is 223 g/mol. The first-order chi connectivity index (χ1) is 4.21. The first kappa shape index (κ1) is 7.83. The van der Waals surface area contributed by atoms with E-state index in [4.69, 9.17) is 0 Å². The minimum absolute atomic E-state index is 0.633. The zero-order valence-electron chi connectivity index (χ0n) is 6.12. The summed E-state index contributed by atoms with van der Waals surface area (Å²) in [5, 5.41) is 0. The molecule has 0 aliphatic heterocycles. The third kappa shape index (κ3) is 2.87. The molecule has 1 rings (SSSR count). The van der Waals surface area contributed by atoms with Crippen molar-refractivity contribution in [2.75, 3.05) is 0 Å². The van der Waals surface area contributed by atoms with Crippen LogP contribution in [0, 0.1) is 0 Å². The third-order valence-electron chi connectivity index (χ3n) is 2.15. The highest BCUT2D eigenvalue weighted by molar-refractivity contribution is 14.1. The number of hydrogen-bond donors (Lipinski definition) is 0. The van der Waals surface area contributed by atoms with E-state index in [9.17, 15) is 0 Å².